The van der Waals surface area contributed by atoms with Gasteiger partial charge in [-0.05, 0) is 13.0 Å². The van der Waals surface area contributed by atoms with Gasteiger partial charge in [0.25, 0.3) is 0 Å². The van der Waals surface area contributed by atoms with Crippen LogP contribution in [0.2, 0.25) is 0 Å². The van der Waals surface area contributed by atoms with E-state index in [1.807, 2.05) is 19.2 Å². The molecule has 1 aromatic rings. The van der Waals surface area contributed by atoms with Crippen molar-refractivity contribution in [2.75, 3.05) is 6.54 Å². The largest absolute Gasteiger partial charge is 0.353 e. The van der Waals surface area contributed by atoms with Crippen LogP contribution >= 0.6 is 0 Å². The molecule has 1 amide bonds. The van der Waals surface area contributed by atoms with Gasteiger partial charge in [-0.2, -0.15) is 5.10 Å². The summed E-state index contributed by atoms with van der Waals surface area (Å²) in [6.07, 6.45) is 6.85. The molecule has 0 saturated carbocycles. The molecule has 1 N–H and O–H groups in total. The Balaban J connectivity index is 2.29. The molecule has 4 heteroatoms. The third kappa shape index (κ3) is 3.55. The summed E-state index contributed by atoms with van der Waals surface area (Å²) >= 11 is 0. The van der Waals surface area contributed by atoms with Gasteiger partial charge in [0, 0.05) is 25.0 Å². The first-order valence-corrected chi connectivity index (χ1v) is 4.24. The van der Waals surface area contributed by atoms with Crippen LogP contribution in [0.5, 0.6) is 0 Å². The molecule has 1 heterocycles. The number of amides is 1. The Hall–Kier alpha value is -1.58. The van der Waals surface area contributed by atoms with E-state index in [4.69, 9.17) is 0 Å². The lowest BCUT2D eigenvalue weighted by molar-refractivity contribution is -0.116. The van der Waals surface area contributed by atoms with Crippen molar-refractivity contribution in [3.63, 3.8) is 0 Å². The number of carbonyl (C=O) groups is 1. The molecule has 70 valence electrons. The highest BCUT2D eigenvalue weighted by atomic mass is 16.1. The Morgan fingerprint density at radius 3 is 3.15 bits per heavy atom. The third-order valence-electron chi connectivity index (χ3n) is 1.47. The Morgan fingerprint density at radius 1 is 1.69 bits per heavy atom. The zero-order valence-electron chi connectivity index (χ0n) is 7.60. The van der Waals surface area contributed by atoms with Crippen molar-refractivity contribution < 1.29 is 4.79 Å². The van der Waals surface area contributed by atoms with Crippen LogP contribution in [-0.4, -0.2) is 22.2 Å². The van der Waals surface area contributed by atoms with Crippen molar-refractivity contribution >= 4 is 5.91 Å². The Morgan fingerprint density at radius 2 is 2.54 bits per heavy atom. The number of hydrogen-bond donors (Lipinski definition) is 1. The van der Waals surface area contributed by atoms with E-state index in [0.29, 0.717) is 13.1 Å². The van der Waals surface area contributed by atoms with Gasteiger partial charge in [0.15, 0.2) is 0 Å². The number of rotatable bonds is 4. The van der Waals surface area contributed by atoms with Crippen molar-refractivity contribution in [2.24, 2.45) is 0 Å². The molecular formula is C9H13N3O. The third-order valence-corrected chi connectivity index (χ3v) is 1.47. The maximum atomic E-state index is 10.9. The van der Waals surface area contributed by atoms with E-state index in [9.17, 15) is 4.79 Å². The molecule has 0 aliphatic rings. The summed E-state index contributed by atoms with van der Waals surface area (Å²) in [5.41, 5.74) is 0. The second-order valence-corrected chi connectivity index (χ2v) is 2.53. The molecule has 0 spiro atoms. The SMILES string of the molecule is CCNC(=O)/C=C/Cn1cccn1. The average molecular weight is 179 g/mol. The molecule has 0 saturated heterocycles. The lowest BCUT2D eigenvalue weighted by atomic mass is 10.4. The number of nitrogens with zero attached hydrogens (tertiary/aromatic N) is 2. The second-order valence-electron chi connectivity index (χ2n) is 2.53. The Bertz CT molecular complexity index is 277. The van der Waals surface area contributed by atoms with E-state index in [1.54, 1.807) is 17.0 Å². The van der Waals surface area contributed by atoms with E-state index >= 15 is 0 Å². The van der Waals surface area contributed by atoms with Crippen molar-refractivity contribution in [1.29, 1.82) is 0 Å². The first-order valence-electron chi connectivity index (χ1n) is 4.24. The van der Waals surface area contributed by atoms with Crippen molar-refractivity contribution in [3.8, 4) is 0 Å². The monoisotopic (exact) mass is 179 g/mol. The summed E-state index contributed by atoms with van der Waals surface area (Å²) in [6, 6.07) is 1.85. The lowest BCUT2D eigenvalue weighted by Gasteiger charge is -1.95. The molecule has 4 nitrogen and oxygen atoms in total. The van der Waals surface area contributed by atoms with E-state index in [1.165, 1.54) is 6.08 Å². The van der Waals surface area contributed by atoms with Crippen LogP contribution in [-0.2, 0) is 11.3 Å². The molecule has 0 aliphatic heterocycles. The average Bonchev–Trinajstić information content (AvgIpc) is 2.57. The predicted molar refractivity (Wildman–Crippen MR) is 50.1 cm³/mol. The molecule has 0 atom stereocenters. The van der Waals surface area contributed by atoms with Gasteiger partial charge in [-0.25, -0.2) is 0 Å². The predicted octanol–water partition coefficient (Wildman–Crippen LogP) is 0.575. The number of carbonyl (C=O) groups excluding carboxylic acids is 1. The molecule has 0 aliphatic carbocycles. The highest BCUT2D eigenvalue weighted by Gasteiger charge is 1.90. The highest BCUT2D eigenvalue weighted by Crippen LogP contribution is 1.85. The zero-order valence-corrected chi connectivity index (χ0v) is 7.60. The fourth-order valence-corrected chi connectivity index (χ4v) is 0.909. The highest BCUT2D eigenvalue weighted by molar-refractivity contribution is 5.87. The van der Waals surface area contributed by atoms with E-state index in [0.717, 1.165) is 0 Å². The van der Waals surface area contributed by atoms with Crippen molar-refractivity contribution in [3.05, 3.63) is 30.6 Å². The second kappa shape index (κ2) is 5.13. The summed E-state index contributed by atoms with van der Waals surface area (Å²) in [4.78, 5) is 10.9. The molecule has 13 heavy (non-hydrogen) atoms. The van der Waals surface area contributed by atoms with Crippen LogP contribution in [0.25, 0.3) is 0 Å². The van der Waals surface area contributed by atoms with E-state index < -0.39 is 0 Å². The number of aromatic nitrogens is 2. The van der Waals surface area contributed by atoms with Gasteiger partial charge < -0.3 is 5.32 Å². The molecule has 1 aromatic heterocycles. The number of hydrogen-bond acceptors (Lipinski definition) is 2. The van der Waals surface area contributed by atoms with Gasteiger partial charge in [0.05, 0.1) is 6.54 Å². The summed E-state index contributed by atoms with van der Waals surface area (Å²) in [6.45, 7) is 3.17. The minimum absolute atomic E-state index is 0.0605. The van der Waals surface area contributed by atoms with Crippen LogP contribution in [0.3, 0.4) is 0 Å². The fraction of sp³-hybridized carbons (Fsp3) is 0.333. The van der Waals surface area contributed by atoms with E-state index in [-0.39, 0.29) is 5.91 Å². The van der Waals surface area contributed by atoms with Crippen molar-refractivity contribution in [1.82, 2.24) is 15.1 Å². The minimum atomic E-state index is -0.0605. The van der Waals surface area contributed by atoms with Crippen LogP contribution in [0.15, 0.2) is 30.6 Å². The van der Waals surface area contributed by atoms with Crippen LogP contribution < -0.4 is 5.32 Å². The molecule has 0 aromatic carbocycles. The quantitative estimate of drug-likeness (QED) is 0.687. The summed E-state index contributed by atoms with van der Waals surface area (Å²) < 4.78 is 1.75. The number of allylic oxidation sites excluding steroid dienone is 1. The fourth-order valence-electron chi connectivity index (χ4n) is 0.909. The smallest absolute Gasteiger partial charge is 0.243 e. The number of nitrogens with one attached hydrogen (secondary N) is 1. The van der Waals surface area contributed by atoms with Gasteiger partial charge >= 0.3 is 0 Å². The topological polar surface area (TPSA) is 46.9 Å². The summed E-state index contributed by atoms with van der Waals surface area (Å²) in [5, 5.41) is 6.66. The van der Waals surface area contributed by atoms with Gasteiger partial charge in [-0.1, -0.05) is 6.08 Å². The molecule has 1 rings (SSSR count). The molecular weight excluding hydrogens is 166 g/mol. The van der Waals surface area contributed by atoms with E-state index in [2.05, 4.69) is 10.4 Å². The van der Waals surface area contributed by atoms with Crippen LogP contribution in [0.1, 0.15) is 6.92 Å². The lowest BCUT2D eigenvalue weighted by Crippen LogP contribution is -2.19. The molecule has 0 bridgehead atoms. The molecule has 0 unspecified atom stereocenters. The summed E-state index contributed by atoms with van der Waals surface area (Å²) in [7, 11) is 0. The maximum absolute atomic E-state index is 10.9. The Labute approximate surface area is 77.3 Å². The Kier molecular flexibility index (Phi) is 3.75. The van der Waals surface area contributed by atoms with Gasteiger partial charge in [-0.15, -0.1) is 0 Å². The summed E-state index contributed by atoms with van der Waals surface area (Å²) in [5.74, 6) is -0.0605. The van der Waals surface area contributed by atoms with Gasteiger partial charge in [0.1, 0.15) is 0 Å². The van der Waals surface area contributed by atoms with Gasteiger partial charge in [0.2, 0.25) is 5.91 Å². The first-order chi connectivity index (χ1) is 6.33. The van der Waals surface area contributed by atoms with Gasteiger partial charge in [-0.3, -0.25) is 9.48 Å². The first kappa shape index (κ1) is 9.51. The maximum Gasteiger partial charge on any atom is 0.243 e. The molecule has 0 radical (unpaired) electrons. The van der Waals surface area contributed by atoms with Crippen molar-refractivity contribution in [2.45, 2.75) is 13.5 Å². The zero-order chi connectivity index (χ0) is 9.52. The number of likely N-dealkylation sites (N-methyl/N-ethyl adjacent to an activating group) is 1. The van der Waals surface area contributed by atoms with Crippen LogP contribution in [0, 0.1) is 0 Å². The van der Waals surface area contributed by atoms with Crippen LogP contribution in [0.4, 0.5) is 0 Å². The minimum Gasteiger partial charge on any atom is -0.353 e. The molecule has 0 fully saturated rings. The standard InChI is InChI=1S/C9H13N3O/c1-2-10-9(13)5-3-7-12-8-4-6-11-12/h3-6,8H,2,7H2,1H3,(H,10,13)/b5-3+. The normalized spacial score (nSPS) is 10.5.